The Labute approximate surface area is 140 Å². The van der Waals surface area contributed by atoms with Crippen LogP contribution in [-0.2, 0) is 9.47 Å². The Hall–Kier alpha value is -2.66. The van der Waals surface area contributed by atoms with Crippen LogP contribution in [0.4, 0.5) is 0 Å². The molecule has 1 atom stereocenters. The van der Waals surface area contributed by atoms with E-state index < -0.39 is 11.9 Å². The van der Waals surface area contributed by atoms with Gasteiger partial charge >= 0.3 is 11.9 Å². The average molecular weight is 326 g/mol. The van der Waals surface area contributed by atoms with E-state index >= 15 is 0 Å². The summed E-state index contributed by atoms with van der Waals surface area (Å²) < 4.78 is 16.0. The molecule has 1 heterocycles. The Balaban J connectivity index is 1.61. The maximum absolute atomic E-state index is 12.1. The van der Waals surface area contributed by atoms with Gasteiger partial charge in [-0.3, -0.25) is 0 Å². The van der Waals surface area contributed by atoms with Crippen molar-refractivity contribution in [3.63, 3.8) is 0 Å². The molecule has 124 valence electrons. The number of carbonyl (C=O) groups excluding carboxylic acids is 2. The molecule has 1 aliphatic rings. The van der Waals surface area contributed by atoms with E-state index in [0.717, 1.165) is 12.8 Å². The molecular formula is C19H18O5. The van der Waals surface area contributed by atoms with Gasteiger partial charge in [0.25, 0.3) is 0 Å². The summed E-state index contributed by atoms with van der Waals surface area (Å²) in [5.74, 6) is -0.626. The van der Waals surface area contributed by atoms with Crippen LogP contribution in [0.25, 0.3) is 0 Å². The third kappa shape index (κ3) is 4.20. The van der Waals surface area contributed by atoms with Crippen LogP contribution in [0.3, 0.4) is 0 Å². The van der Waals surface area contributed by atoms with E-state index in [0.29, 0.717) is 23.5 Å². The van der Waals surface area contributed by atoms with Crippen molar-refractivity contribution < 1.29 is 23.8 Å². The van der Waals surface area contributed by atoms with Gasteiger partial charge in [-0.25, -0.2) is 9.59 Å². The van der Waals surface area contributed by atoms with Crippen LogP contribution in [-0.4, -0.2) is 31.3 Å². The van der Waals surface area contributed by atoms with Crippen LogP contribution in [0.2, 0.25) is 0 Å². The second kappa shape index (κ2) is 7.75. The van der Waals surface area contributed by atoms with Crippen LogP contribution in [0.15, 0.2) is 54.6 Å². The number of hydrogen-bond acceptors (Lipinski definition) is 5. The molecule has 1 aliphatic heterocycles. The molecule has 0 spiro atoms. The molecule has 1 unspecified atom stereocenters. The first-order valence-corrected chi connectivity index (χ1v) is 7.88. The van der Waals surface area contributed by atoms with E-state index in [1.807, 2.05) is 6.07 Å². The molecule has 1 saturated heterocycles. The molecule has 0 aromatic heterocycles. The molecule has 2 aromatic carbocycles. The quantitative estimate of drug-likeness (QED) is 0.623. The fourth-order valence-electron chi connectivity index (χ4n) is 2.45. The fraction of sp³-hybridized carbons (Fsp3) is 0.263. The number of benzene rings is 2. The molecule has 24 heavy (non-hydrogen) atoms. The first-order valence-electron chi connectivity index (χ1n) is 7.88. The smallest absolute Gasteiger partial charge is 0.343 e. The highest BCUT2D eigenvalue weighted by atomic mass is 16.6. The van der Waals surface area contributed by atoms with Gasteiger partial charge in [0.15, 0.2) is 0 Å². The second-order valence-corrected chi connectivity index (χ2v) is 5.52. The standard InChI is InChI=1S/C19H18O5/c20-18(23-13-17-10-5-11-22-17)15-8-4-9-16(12-15)24-19(21)14-6-2-1-3-7-14/h1-4,6-9,12,17H,5,10-11,13H2. The minimum atomic E-state index is -0.472. The predicted molar refractivity (Wildman–Crippen MR) is 87.1 cm³/mol. The number of carbonyl (C=O) groups is 2. The van der Waals surface area contributed by atoms with Gasteiger partial charge in [0.05, 0.1) is 17.2 Å². The molecule has 0 saturated carbocycles. The van der Waals surface area contributed by atoms with Crippen molar-refractivity contribution in [3.05, 3.63) is 65.7 Å². The van der Waals surface area contributed by atoms with E-state index in [-0.39, 0.29) is 12.7 Å². The number of hydrogen-bond donors (Lipinski definition) is 0. The lowest BCUT2D eigenvalue weighted by molar-refractivity contribution is 0.0161. The molecular weight excluding hydrogens is 308 g/mol. The minimum Gasteiger partial charge on any atom is -0.459 e. The van der Waals surface area contributed by atoms with Crippen LogP contribution in [0, 0.1) is 0 Å². The van der Waals surface area contributed by atoms with Crippen molar-refractivity contribution in [1.29, 1.82) is 0 Å². The Bertz CT molecular complexity index is 705. The SMILES string of the molecule is O=C(OCC1CCCO1)c1cccc(OC(=O)c2ccccc2)c1. The van der Waals surface area contributed by atoms with Crippen molar-refractivity contribution in [2.24, 2.45) is 0 Å². The lowest BCUT2D eigenvalue weighted by Crippen LogP contribution is -2.18. The van der Waals surface area contributed by atoms with Crippen molar-refractivity contribution in [2.75, 3.05) is 13.2 Å². The van der Waals surface area contributed by atoms with Gasteiger partial charge in [-0.05, 0) is 43.2 Å². The summed E-state index contributed by atoms with van der Waals surface area (Å²) in [5.41, 5.74) is 0.787. The Morgan fingerprint density at radius 2 is 1.79 bits per heavy atom. The highest BCUT2D eigenvalue weighted by molar-refractivity contribution is 5.92. The molecule has 2 aromatic rings. The zero-order chi connectivity index (χ0) is 16.8. The monoisotopic (exact) mass is 326 g/mol. The van der Waals surface area contributed by atoms with E-state index in [1.165, 1.54) is 6.07 Å². The topological polar surface area (TPSA) is 61.8 Å². The molecule has 1 fully saturated rings. The van der Waals surface area contributed by atoms with E-state index in [1.54, 1.807) is 42.5 Å². The molecule has 3 rings (SSSR count). The Kier molecular flexibility index (Phi) is 5.23. The van der Waals surface area contributed by atoms with E-state index in [4.69, 9.17) is 14.2 Å². The van der Waals surface area contributed by atoms with Gasteiger partial charge in [0.2, 0.25) is 0 Å². The second-order valence-electron chi connectivity index (χ2n) is 5.52. The normalized spacial score (nSPS) is 16.6. The Morgan fingerprint density at radius 1 is 1.00 bits per heavy atom. The highest BCUT2D eigenvalue weighted by Crippen LogP contribution is 2.17. The number of ether oxygens (including phenoxy) is 3. The molecule has 0 amide bonds. The van der Waals surface area contributed by atoms with Crippen molar-refractivity contribution in [2.45, 2.75) is 18.9 Å². The van der Waals surface area contributed by atoms with Gasteiger partial charge < -0.3 is 14.2 Å². The van der Waals surface area contributed by atoms with Crippen LogP contribution in [0.5, 0.6) is 5.75 Å². The summed E-state index contributed by atoms with van der Waals surface area (Å²) in [4.78, 5) is 24.1. The summed E-state index contributed by atoms with van der Waals surface area (Å²) in [6.07, 6.45) is 1.88. The number of esters is 2. The summed E-state index contributed by atoms with van der Waals surface area (Å²) in [6, 6.07) is 15.1. The van der Waals surface area contributed by atoms with Crippen molar-refractivity contribution >= 4 is 11.9 Å². The van der Waals surface area contributed by atoms with Gasteiger partial charge in [-0.1, -0.05) is 24.3 Å². The van der Waals surface area contributed by atoms with Crippen LogP contribution < -0.4 is 4.74 Å². The molecule has 5 heteroatoms. The van der Waals surface area contributed by atoms with Crippen LogP contribution in [0.1, 0.15) is 33.6 Å². The van der Waals surface area contributed by atoms with Gasteiger partial charge in [0.1, 0.15) is 12.4 Å². The van der Waals surface area contributed by atoms with Gasteiger partial charge in [0, 0.05) is 6.61 Å². The highest BCUT2D eigenvalue weighted by Gasteiger charge is 2.18. The first-order chi connectivity index (χ1) is 11.7. The zero-order valence-corrected chi connectivity index (χ0v) is 13.1. The predicted octanol–water partition coefficient (Wildman–Crippen LogP) is 3.24. The Morgan fingerprint density at radius 3 is 2.54 bits per heavy atom. The largest absolute Gasteiger partial charge is 0.459 e. The number of rotatable bonds is 5. The van der Waals surface area contributed by atoms with Crippen LogP contribution >= 0.6 is 0 Å². The minimum absolute atomic E-state index is 0.0203. The third-order valence-electron chi connectivity index (χ3n) is 3.71. The van der Waals surface area contributed by atoms with E-state index in [9.17, 15) is 9.59 Å². The lowest BCUT2D eigenvalue weighted by Gasteiger charge is -2.11. The summed E-state index contributed by atoms with van der Waals surface area (Å²) in [6.45, 7) is 0.958. The molecule has 0 radical (unpaired) electrons. The van der Waals surface area contributed by atoms with Crippen molar-refractivity contribution in [3.8, 4) is 5.75 Å². The van der Waals surface area contributed by atoms with Crippen molar-refractivity contribution in [1.82, 2.24) is 0 Å². The maximum Gasteiger partial charge on any atom is 0.343 e. The molecule has 0 aliphatic carbocycles. The van der Waals surface area contributed by atoms with Gasteiger partial charge in [-0.2, -0.15) is 0 Å². The third-order valence-corrected chi connectivity index (χ3v) is 3.71. The summed E-state index contributed by atoms with van der Waals surface area (Å²) in [7, 11) is 0. The molecule has 5 nitrogen and oxygen atoms in total. The average Bonchev–Trinajstić information content (AvgIpc) is 3.14. The molecule has 0 N–H and O–H groups in total. The zero-order valence-electron chi connectivity index (χ0n) is 13.1. The fourth-order valence-corrected chi connectivity index (χ4v) is 2.45. The molecule has 0 bridgehead atoms. The van der Waals surface area contributed by atoms with E-state index in [2.05, 4.69) is 0 Å². The summed E-state index contributed by atoms with van der Waals surface area (Å²) >= 11 is 0. The summed E-state index contributed by atoms with van der Waals surface area (Å²) in [5, 5.41) is 0. The first kappa shape index (κ1) is 16.2. The lowest BCUT2D eigenvalue weighted by atomic mass is 10.2. The maximum atomic E-state index is 12.1. The van der Waals surface area contributed by atoms with Gasteiger partial charge in [-0.15, -0.1) is 0 Å².